The first-order valence-electron chi connectivity index (χ1n) is 9.11. The van der Waals surface area contributed by atoms with Crippen LogP contribution in [0.3, 0.4) is 0 Å². The first kappa shape index (κ1) is 18.8. The van der Waals surface area contributed by atoms with E-state index in [9.17, 15) is 14.4 Å². The summed E-state index contributed by atoms with van der Waals surface area (Å²) in [5, 5.41) is 2.80. The monoisotopic (exact) mass is 376 g/mol. The number of nitrogens with one attached hydrogen (secondary N) is 1. The van der Waals surface area contributed by atoms with Gasteiger partial charge in [-0.15, -0.1) is 11.8 Å². The number of piperidine rings is 1. The van der Waals surface area contributed by atoms with Crippen molar-refractivity contribution in [2.45, 2.75) is 50.0 Å². The standard InChI is InChI=1S/C19H24N2O4S/c1-2-14-5-3-4-9-21(14)18(23)12-25-19(24)13-6-7-16-15(11-13)20-17(22)8-10-26-16/h6-7,11,14H,2-5,8-10,12H2,1H3,(H,20,22)/t14-/m0/s1. The van der Waals surface area contributed by atoms with Gasteiger partial charge in [0.25, 0.3) is 5.91 Å². The van der Waals surface area contributed by atoms with E-state index in [4.69, 9.17) is 4.74 Å². The Bertz CT molecular complexity index is 707. The van der Waals surface area contributed by atoms with Gasteiger partial charge in [0.2, 0.25) is 5.91 Å². The van der Waals surface area contributed by atoms with Crippen molar-refractivity contribution in [1.82, 2.24) is 4.90 Å². The van der Waals surface area contributed by atoms with Gasteiger partial charge in [-0.3, -0.25) is 9.59 Å². The molecule has 1 N–H and O–H groups in total. The lowest BCUT2D eigenvalue weighted by atomic mass is 10.00. The number of thioether (sulfide) groups is 1. The van der Waals surface area contributed by atoms with Crippen molar-refractivity contribution < 1.29 is 19.1 Å². The minimum Gasteiger partial charge on any atom is -0.452 e. The Balaban J connectivity index is 1.61. The summed E-state index contributed by atoms with van der Waals surface area (Å²) in [5.74, 6) is -0.0307. The maximum absolute atomic E-state index is 12.4. The van der Waals surface area contributed by atoms with Gasteiger partial charge in [0.05, 0.1) is 11.3 Å². The van der Waals surface area contributed by atoms with Crippen LogP contribution in [-0.2, 0) is 14.3 Å². The fourth-order valence-electron chi connectivity index (χ4n) is 3.39. The summed E-state index contributed by atoms with van der Waals surface area (Å²) >= 11 is 1.58. The molecule has 2 amide bonds. The normalized spacial score (nSPS) is 20.0. The molecule has 0 aliphatic carbocycles. The fraction of sp³-hybridized carbons (Fsp3) is 0.526. The van der Waals surface area contributed by atoms with E-state index in [1.54, 1.807) is 23.9 Å². The third-order valence-electron chi connectivity index (χ3n) is 4.82. The number of esters is 1. The highest BCUT2D eigenvalue weighted by molar-refractivity contribution is 7.99. The molecule has 1 aromatic carbocycles. The number of anilines is 1. The van der Waals surface area contributed by atoms with Gasteiger partial charge in [-0.1, -0.05) is 6.92 Å². The third kappa shape index (κ3) is 4.38. The Hall–Kier alpha value is -2.02. The van der Waals surface area contributed by atoms with Crippen molar-refractivity contribution in [3.63, 3.8) is 0 Å². The molecule has 1 atom stereocenters. The lowest BCUT2D eigenvalue weighted by molar-refractivity contribution is -0.138. The fourth-order valence-corrected chi connectivity index (χ4v) is 4.33. The van der Waals surface area contributed by atoms with Crippen molar-refractivity contribution in [2.75, 3.05) is 24.2 Å². The number of hydrogen-bond donors (Lipinski definition) is 1. The summed E-state index contributed by atoms with van der Waals surface area (Å²) in [7, 11) is 0. The molecule has 0 unspecified atom stereocenters. The molecule has 6 nitrogen and oxygen atoms in total. The Kier molecular flexibility index (Phi) is 6.19. The number of hydrogen-bond acceptors (Lipinski definition) is 5. The largest absolute Gasteiger partial charge is 0.452 e. The molecule has 140 valence electrons. The van der Waals surface area contributed by atoms with Gasteiger partial charge in [0.1, 0.15) is 0 Å². The number of nitrogens with zero attached hydrogens (tertiary/aromatic N) is 1. The first-order valence-corrected chi connectivity index (χ1v) is 10.1. The van der Waals surface area contributed by atoms with Gasteiger partial charge in [0, 0.05) is 29.7 Å². The molecule has 1 fully saturated rings. The number of benzene rings is 1. The van der Waals surface area contributed by atoms with Crippen molar-refractivity contribution >= 4 is 35.2 Å². The maximum atomic E-state index is 12.4. The zero-order valence-electron chi connectivity index (χ0n) is 15.0. The van der Waals surface area contributed by atoms with E-state index in [0.717, 1.165) is 37.1 Å². The lowest BCUT2D eigenvalue weighted by Gasteiger charge is -2.35. The third-order valence-corrected chi connectivity index (χ3v) is 5.90. The van der Waals surface area contributed by atoms with E-state index in [-0.39, 0.29) is 24.5 Å². The molecule has 0 radical (unpaired) electrons. The van der Waals surface area contributed by atoms with E-state index in [0.29, 0.717) is 23.4 Å². The maximum Gasteiger partial charge on any atom is 0.338 e. The van der Waals surface area contributed by atoms with Gasteiger partial charge in [-0.05, 0) is 43.9 Å². The Labute approximate surface area is 157 Å². The van der Waals surface area contributed by atoms with Crippen LogP contribution >= 0.6 is 11.8 Å². The average Bonchev–Trinajstić information content (AvgIpc) is 2.85. The Morgan fingerprint density at radius 2 is 2.19 bits per heavy atom. The number of carbonyl (C=O) groups excluding carboxylic acids is 3. The second-order valence-electron chi connectivity index (χ2n) is 6.58. The van der Waals surface area contributed by atoms with Gasteiger partial charge >= 0.3 is 5.97 Å². The molecule has 0 bridgehead atoms. The minimum absolute atomic E-state index is 0.0624. The summed E-state index contributed by atoms with van der Waals surface area (Å²) in [4.78, 5) is 39.2. The molecule has 0 spiro atoms. The summed E-state index contributed by atoms with van der Waals surface area (Å²) in [6.07, 6.45) is 4.52. The lowest BCUT2D eigenvalue weighted by Crippen LogP contribution is -2.45. The number of carbonyl (C=O) groups is 3. The second-order valence-corrected chi connectivity index (χ2v) is 7.72. The van der Waals surface area contributed by atoms with Crippen LogP contribution in [0, 0.1) is 0 Å². The molecule has 0 saturated carbocycles. The zero-order valence-corrected chi connectivity index (χ0v) is 15.8. The molecule has 7 heteroatoms. The highest BCUT2D eigenvalue weighted by Gasteiger charge is 2.26. The predicted molar refractivity (Wildman–Crippen MR) is 100 cm³/mol. The smallest absolute Gasteiger partial charge is 0.338 e. The number of amides is 2. The van der Waals surface area contributed by atoms with Gasteiger partial charge < -0.3 is 15.0 Å². The molecule has 1 saturated heterocycles. The van der Waals surface area contributed by atoms with Crippen LogP contribution < -0.4 is 5.32 Å². The highest BCUT2D eigenvalue weighted by Crippen LogP contribution is 2.31. The van der Waals surface area contributed by atoms with Crippen molar-refractivity contribution in [3.05, 3.63) is 23.8 Å². The number of likely N-dealkylation sites (tertiary alicyclic amines) is 1. The van der Waals surface area contributed by atoms with Crippen LogP contribution in [0.5, 0.6) is 0 Å². The summed E-state index contributed by atoms with van der Waals surface area (Å²) < 4.78 is 5.24. The van der Waals surface area contributed by atoms with Crippen LogP contribution in [0.2, 0.25) is 0 Å². The Morgan fingerprint density at radius 3 is 3.00 bits per heavy atom. The summed E-state index contributed by atoms with van der Waals surface area (Å²) in [5.41, 5.74) is 0.963. The molecular weight excluding hydrogens is 352 g/mol. The molecule has 2 aliphatic heterocycles. The van der Waals surface area contributed by atoms with E-state index in [1.165, 1.54) is 0 Å². The predicted octanol–water partition coefficient (Wildman–Crippen LogP) is 3.07. The van der Waals surface area contributed by atoms with Crippen LogP contribution in [-0.4, -0.2) is 47.6 Å². The number of fused-ring (bicyclic) bond motifs is 1. The van der Waals surface area contributed by atoms with Gasteiger partial charge in [0.15, 0.2) is 6.61 Å². The van der Waals surface area contributed by atoms with Crippen LogP contribution in [0.4, 0.5) is 5.69 Å². The highest BCUT2D eigenvalue weighted by atomic mass is 32.2. The van der Waals surface area contributed by atoms with Crippen LogP contribution in [0.1, 0.15) is 49.4 Å². The summed E-state index contributed by atoms with van der Waals surface area (Å²) in [6.45, 7) is 2.56. The van der Waals surface area contributed by atoms with Crippen LogP contribution in [0.15, 0.2) is 23.1 Å². The molecule has 1 aromatic rings. The molecule has 26 heavy (non-hydrogen) atoms. The molecular formula is C19H24N2O4S. The van der Waals surface area contributed by atoms with E-state index in [2.05, 4.69) is 12.2 Å². The van der Waals surface area contributed by atoms with Gasteiger partial charge in [-0.25, -0.2) is 4.79 Å². The molecule has 2 aliphatic rings. The Morgan fingerprint density at radius 1 is 1.35 bits per heavy atom. The van der Waals surface area contributed by atoms with E-state index < -0.39 is 5.97 Å². The SMILES string of the molecule is CC[C@H]1CCCCN1C(=O)COC(=O)c1ccc2c(c1)NC(=O)CCS2. The second kappa shape index (κ2) is 8.58. The van der Waals surface area contributed by atoms with Crippen molar-refractivity contribution in [3.8, 4) is 0 Å². The molecule has 0 aromatic heterocycles. The van der Waals surface area contributed by atoms with E-state index >= 15 is 0 Å². The first-order chi connectivity index (χ1) is 12.6. The van der Waals surface area contributed by atoms with Crippen molar-refractivity contribution in [2.24, 2.45) is 0 Å². The van der Waals surface area contributed by atoms with E-state index in [1.807, 2.05) is 11.0 Å². The molecule has 2 heterocycles. The number of rotatable bonds is 4. The average molecular weight is 376 g/mol. The zero-order chi connectivity index (χ0) is 18.5. The van der Waals surface area contributed by atoms with Gasteiger partial charge in [-0.2, -0.15) is 0 Å². The van der Waals surface area contributed by atoms with Crippen molar-refractivity contribution in [1.29, 1.82) is 0 Å². The minimum atomic E-state index is -0.547. The van der Waals surface area contributed by atoms with Crippen LogP contribution in [0.25, 0.3) is 0 Å². The summed E-state index contributed by atoms with van der Waals surface area (Å²) in [6, 6.07) is 5.34. The topological polar surface area (TPSA) is 75.7 Å². The molecule has 3 rings (SSSR count). The quantitative estimate of drug-likeness (QED) is 0.818. The number of ether oxygens (including phenoxy) is 1.